The summed E-state index contributed by atoms with van der Waals surface area (Å²) in [4.78, 5) is 16.9. The smallest absolute Gasteiger partial charge is 0.223 e. The van der Waals surface area contributed by atoms with Crippen LogP contribution < -0.4 is 4.90 Å². The van der Waals surface area contributed by atoms with Gasteiger partial charge in [0.25, 0.3) is 0 Å². The van der Waals surface area contributed by atoms with Crippen LogP contribution in [0.5, 0.6) is 0 Å². The van der Waals surface area contributed by atoms with Crippen LogP contribution in [0.3, 0.4) is 0 Å². The number of likely N-dealkylation sites (tertiary alicyclic amines) is 1. The molecule has 1 fully saturated rings. The third kappa shape index (κ3) is 4.56. The van der Waals surface area contributed by atoms with E-state index in [1.165, 1.54) is 11.8 Å². The van der Waals surface area contributed by atoms with Gasteiger partial charge in [-0.2, -0.15) is 0 Å². The topological polar surface area (TPSA) is 36.7 Å². The maximum Gasteiger partial charge on any atom is 0.223 e. The second kappa shape index (κ2) is 9.16. The maximum atomic E-state index is 13.9. The SMILES string of the molecule is CN(c1ccccc1)C1CCN(C(=O)CCc2ccc(-c3ccccc3F)o2)CC1. The summed E-state index contributed by atoms with van der Waals surface area (Å²) in [5.74, 6) is 1.05. The lowest BCUT2D eigenvalue weighted by Crippen LogP contribution is -2.45. The Bertz CT molecular complexity index is 978. The first-order chi connectivity index (χ1) is 14.6. The van der Waals surface area contributed by atoms with Gasteiger partial charge in [-0.25, -0.2) is 4.39 Å². The molecule has 0 spiro atoms. The average Bonchev–Trinajstić information content (AvgIpc) is 3.27. The van der Waals surface area contributed by atoms with Gasteiger partial charge in [0.15, 0.2) is 0 Å². The zero-order chi connectivity index (χ0) is 20.9. The van der Waals surface area contributed by atoms with Gasteiger partial charge < -0.3 is 14.2 Å². The molecule has 1 amide bonds. The van der Waals surface area contributed by atoms with Crippen molar-refractivity contribution >= 4 is 11.6 Å². The van der Waals surface area contributed by atoms with E-state index in [1.54, 1.807) is 24.3 Å². The highest BCUT2D eigenvalue weighted by Crippen LogP contribution is 2.26. The van der Waals surface area contributed by atoms with Crippen LogP contribution in [0.25, 0.3) is 11.3 Å². The molecule has 2 heterocycles. The van der Waals surface area contributed by atoms with Gasteiger partial charge in [0.05, 0.1) is 5.56 Å². The van der Waals surface area contributed by atoms with E-state index in [0.717, 1.165) is 25.9 Å². The summed E-state index contributed by atoms with van der Waals surface area (Å²) in [5.41, 5.74) is 1.66. The summed E-state index contributed by atoms with van der Waals surface area (Å²) in [6.07, 6.45) is 2.87. The second-order valence-electron chi connectivity index (χ2n) is 7.80. The van der Waals surface area contributed by atoms with Crippen molar-refractivity contribution in [3.8, 4) is 11.3 Å². The minimum Gasteiger partial charge on any atom is -0.461 e. The van der Waals surface area contributed by atoms with Crippen LogP contribution in [0.15, 0.2) is 71.1 Å². The summed E-state index contributed by atoms with van der Waals surface area (Å²) >= 11 is 0. The lowest BCUT2D eigenvalue weighted by atomic mass is 10.0. The number of hydrogen-bond acceptors (Lipinski definition) is 3. The van der Waals surface area contributed by atoms with Crippen LogP contribution in [0.1, 0.15) is 25.0 Å². The molecule has 0 aliphatic carbocycles. The number of nitrogens with zero attached hydrogens (tertiary/aromatic N) is 2. The number of rotatable bonds is 6. The van der Waals surface area contributed by atoms with E-state index in [0.29, 0.717) is 36.0 Å². The molecule has 0 radical (unpaired) electrons. The van der Waals surface area contributed by atoms with Crippen molar-refractivity contribution in [1.29, 1.82) is 0 Å². The Balaban J connectivity index is 1.27. The number of halogens is 1. The van der Waals surface area contributed by atoms with E-state index in [-0.39, 0.29) is 11.7 Å². The quantitative estimate of drug-likeness (QED) is 0.568. The maximum absolute atomic E-state index is 13.9. The fourth-order valence-corrected chi connectivity index (χ4v) is 4.08. The zero-order valence-corrected chi connectivity index (χ0v) is 17.3. The zero-order valence-electron chi connectivity index (χ0n) is 17.3. The molecule has 2 aromatic carbocycles. The average molecular weight is 407 g/mol. The molecule has 3 aromatic rings. The van der Waals surface area contributed by atoms with Crippen molar-refractivity contribution in [2.24, 2.45) is 0 Å². The summed E-state index contributed by atoms with van der Waals surface area (Å²) in [6.45, 7) is 1.55. The summed E-state index contributed by atoms with van der Waals surface area (Å²) in [5, 5.41) is 0. The predicted octanol–water partition coefficient (Wildman–Crippen LogP) is 5.15. The van der Waals surface area contributed by atoms with E-state index >= 15 is 0 Å². The van der Waals surface area contributed by atoms with Crippen LogP contribution in [0.4, 0.5) is 10.1 Å². The molecule has 5 heteroatoms. The van der Waals surface area contributed by atoms with Gasteiger partial charge in [-0.15, -0.1) is 0 Å². The van der Waals surface area contributed by atoms with Crippen molar-refractivity contribution < 1.29 is 13.6 Å². The van der Waals surface area contributed by atoms with Crippen molar-refractivity contribution in [2.45, 2.75) is 31.7 Å². The van der Waals surface area contributed by atoms with Crippen molar-refractivity contribution in [3.05, 3.63) is 78.3 Å². The Morgan fingerprint density at radius 3 is 2.47 bits per heavy atom. The number of anilines is 1. The number of piperidine rings is 1. The number of hydrogen-bond donors (Lipinski definition) is 0. The van der Waals surface area contributed by atoms with E-state index < -0.39 is 0 Å². The van der Waals surface area contributed by atoms with Gasteiger partial charge in [-0.1, -0.05) is 30.3 Å². The van der Waals surface area contributed by atoms with Gasteiger partial charge in [0.1, 0.15) is 17.3 Å². The highest BCUT2D eigenvalue weighted by Gasteiger charge is 2.25. The monoisotopic (exact) mass is 406 g/mol. The Kier molecular flexibility index (Phi) is 6.17. The van der Waals surface area contributed by atoms with Gasteiger partial charge in [-0.3, -0.25) is 4.79 Å². The Morgan fingerprint density at radius 1 is 1.03 bits per heavy atom. The van der Waals surface area contributed by atoms with Gasteiger partial charge >= 0.3 is 0 Å². The standard InChI is InChI=1S/C25H27FN2O2/c1-27(19-7-3-2-4-8-19)20-15-17-28(18-16-20)25(29)14-12-21-11-13-24(30-21)22-9-5-6-10-23(22)26/h2-11,13,20H,12,14-18H2,1H3. The highest BCUT2D eigenvalue weighted by atomic mass is 19.1. The molecule has 0 saturated carbocycles. The molecule has 0 unspecified atom stereocenters. The number of amides is 1. The lowest BCUT2D eigenvalue weighted by molar-refractivity contribution is -0.132. The fraction of sp³-hybridized carbons (Fsp3) is 0.320. The fourth-order valence-electron chi connectivity index (χ4n) is 4.08. The summed E-state index contributed by atoms with van der Waals surface area (Å²) in [7, 11) is 2.13. The molecule has 0 atom stereocenters. The predicted molar refractivity (Wildman–Crippen MR) is 117 cm³/mol. The number of carbonyl (C=O) groups excluding carboxylic acids is 1. The summed E-state index contributed by atoms with van der Waals surface area (Å²) < 4.78 is 19.7. The number of para-hydroxylation sites is 1. The first-order valence-corrected chi connectivity index (χ1v) is 10.5. The van der Waals surface area contributed by atoms with Gasteiger partial charge in [0.2, 0.25) is 5.91 Å². The molecule has 0 bridgehead atoms. The number of carbonyl (C=O) groups is 1. The molecule has 1 aliphatic rings. The minimum atomic E-state index is -0.308. The largest absolute Gasteiger partial charge is 0.461 e. The number of benzene rings is 2. The molecule has 4 rings (SSSR count). The number of furan rings is 1. The van der Waals surface area contributed by atoms with Crippen LogP contribution in [0.2, 0.25) is 0 Å². The Labute approximate surface area is 176 Å². The van der Waals surface area contributed by atoms with E-state index in [2.05, 4.69) is 36.2 Å². The number of aryl methyl sites for hydroxylation is 1. The van der Waals surface area contributed by atoms with Gasteiger partial charge in [-0.05, 0) is 49.2 Å². The molecular formula is C25H27FN2O2. The molecule has 156 valence electrons. The first kappa shape index (κ1) is 20.2. The lowest BCUT2D eigenvalue weighted by Gasteiger charge is -2.38. The normalized spacial score (nSPS) is 14.7. The van der Waals surface area contributed by atoms with Crippen molar-refractivity contribution in [2.75, 3.05) is 25.0 Å². The molecule has 1 aromatic heterocycles. The molecule has 0 N–H and O–H groups in total. The molecular weight excluding hydrogens is 379 g/mol. The molecule has 1 aliphatic heterocycles. The molecule has 4 nitrogen and oxygen atoms in total. The highest BCUT2D eigenvalue weighted by molar-refractivity contribution is 5.76. The minimum absolute atomic E-state index is 0.152. The van der Waals surface area contributed by atoms with Crippen LogP contribution >= 0.6 is 0 Å². The van der Waals surface area contributed by atoms with Crippen LogP contribution in [0, 0.1) is 5.82 Å². The first-order valence-electron chi connectivity index (χ1n) is 10.5. The van der Waals surface area contributed by atoms with Crippen LogP contribution in [-0.4, -0.2) is 37.0 Å². The second-order valence-corrected chi connectivity index (χ2v) is 7.80. The van der Waals surface area contributed by atoms with Crippen molar-refractivity contribution in [3.63, 3.8) is 0 Å². The van der Waals surface area contributed by atoms with Crippen LogP contribution in [-0.2, 0) is 11.2 Å². The van der Waals surface area contributed by atoms with E-state index in [1.807, 2.05) is 17.0 Å². The Morgan fingerprint density at radius 2 is 1.73 bits per heavy atom. The summed E-state index contributed by atoms with van der Waals surface area (Å²) in [6, 6.07) is 21.0. The Hall–Kier alpha value is -3.08. The molecule has 1 saturated heterocycles. The van der Waals surface area contributed by atoms with Gasteiger partial charge in [0, 0.05) is 44.7 Å². The van der Waals surface area contributed by atoms with E-state index in [4.69, 9.17) is 4.42 Å². The third-order valence-corrected chi connectivity index (χ3v) is 5.91. The molecule has 30 heavy (non-hydrogen) atoms. The van der Waals surface area contributed by atoms with E-state index in [9.17, 15) is 9.18 Å². The van der Waals surface area contributed by atoms with Crippen molar-refractivity contribution in [1.82, 2.24) is 4.90 Å². The third-order valence-electron chi connectivity index (χ3n) is 5.91.